The fourth-order valence-corrected chi connectivity index (χ4v) is 1.20. The third-order valence-electron chi connectivity index (χ3n) is 1.42. The highest BCUT2D eigenvalue weighted by molar-refractivity contribution is 8.00. The van der Waals surface area contributed by atoms with E-state index in [1.165, 1.54) is 11.1 Å². The number of allylic oxidation sites excluding steroid dienone is 1. The van der Waals surface area contributed by atoms with Crippen LogP contribution >= 0.6 is 11.8 Å². The van der Waals surface area contributed by atoms with Crippen LogP contribution in [0, 0.1) is 0 Å². The molecule has 0 aromatic carbocycles. The average Bonchev–Trinajstić information content (AvgIpc) is 1.82. The van der Waals surface area contributed by atoms with E-state index in [0.717, 1.165) is 5.75 Å². The Kier molecular flexibility index (Phi) is 4.83. The topological polar surface area (TPSA) is 26.0 Å². The van der Waals surface area contributed by atoms with Crippen LogP contribution in [0.2, 0.25) is 0 Å². The van der Waals surface area contributed by atoms with E-state index in [1.54, 1.807) is 11.8 Å². The van der Waals surface area contributed by atoms with Gasteiger partial charge in [0.25, 0.3) is 0 Å². The summed E-state index contributed by atoms with van der Waals surface area (Å²) >= 11 is 1.79. The summed E-state index contributed by atoms with van der Waals surface area (Å²) in [5.41, 5.74) is 8.44. The summed E-state index contributed by atoms with van der Waals surface area (Å²) in [7, 11) is 0. The maximum atomic E-state index is 5.58. The molecule has 1 atom stereocenters. The van der Waals surface area contributed by atoms with Gasteiger partial charge in [0.15, 0.2) is 0 Å². The van der Waals surface area contributed by atoms with Crippen LogP contribution in [0.5, 0.6) is 0 Å². The first kappa shape index (κ1) is 10.0. The minimum atomic E-state index is 0.259. The lowest BCUT2D eigenvalue weighted by molar-refractivity contribution is 1.04. The molecule has 0 aliphatic carbocycles. The lowest BCUT2D eigenvalue weighted by atomic mass is 10.2. The zero-order valence-corrected chi connectivity index (χ0v) is 8.09. The molecular formula is C8H17NS. The third kappa shape index (κ3) is 4.89. The van der Waals surface area contributed by atoms with Crippen LogP contribution in [0.25, 0.3) is 0 Å². The number of thioether (sulfide) groups is 1. The van der Waals surface area contributed by atoms with Gasteiger partial charge in [-0.1, -0.05) is 11.1 Å². The molecule has 0 fully saturated rings. The van der Waals surface area contributed by atoms with Gasteiger partial charge < -0.3 is 5.73 Å². The zero-order chi connectivity index (χ0) is 8.15. The Morgan fingerprint density at radius 2 is 1.90 bits per heavy atom. The summed E-state index contributed by atoms with van der Waals surface area (Å²) in [6.45, 7) is 8.45. The first-order chi connectivity index (χ1) is 4.54. The van der Waals surface area contributed by atoms with E-state index in [2.05, 4.69) is 20.8 Å². The maximum Gasteiger partial charge on any atom is 0.0481 e. The van der Waals surface area contributed by atoms with Gasteiger partial charge in [0.1, 0.15) is 0 Å². The van der Waals surface area contributed by atoms with E-state index in [-0.39, 0.29) is 5.37 Å². The number of hydrogen-bond acceptors (Lipinski definition) is 2. The van der Waals surface area contributed by atoms with Crippen LogP contribution in [0.15, 0.2) is 11.1 Å². The van der Waals surface area contributed by atoms with Gasteiger partial charge in [-0.25, -0.2) is 0 Å². The van der Waals surface area contributed by atoms with Gasteiger partial charge in [0.05, 0.1) is 0 Å². The smallest absolute Gasteiger partial charge is 0.0481 e. The van der Waals surface area contributed by atoms with Gasteiger partial charge in [-0.3, -0.25) is 0 Å². The summed E-state index contributed by atoms with van der Waals surface area (Å²) in [5, 5.41) is 0.259. The highest BCUT2D eigenvalue weighted by Crippen LogP contribution is 2.12. The van der Waals surface area contributed by atoms with Crippen molar-refractivity contribution in [2.24, 2.45) is 5.73 Å². The first-order valence-corrected chi connectivity index (χ1v) is 4.59. The minimum absolute atomic E-state index is 0.259. The molecule has 0 aliphatic heterocycles. The van der Waals surface area contributed by atoms with E-state index in [1.807, 2.05) is 6.92 Å². The van der Waals surface area contributed by atoms with E-state index in [0.29, 0.717) is 0 Å². The molecule has 2 N–H and O–H groups in total. The van der Waals surface area contributed by atoms with Crippen molar-refractivity contribution < 1.29 is 0 Å². The van der Waals surface area contributed by atoms with Crippen LogP contribution in [-0.4, -0.2) is 11.1 Å². The molecular weight excluding hydrogens is 142 g/mol. The molecule has 0 amide bonds. The van der Waals surface area contributed by atoms with Gasteiger partial charge in [-0.15, -0.1) is 11.8 Å². The summed E-state index contributed by atoms with van der Waals surface area (Å²) in [4.78, 5) is 0. The molecule has 10 heavy (non-hydrogen) atoms. The number of hydrogen-bond donors (Lipinski definition) is 1. The predicted octanol–water partition coefficient (Wildman–Crippen LogP) is 2.38. The summed E-state index contributed by atoms with van der Waals surface area (Å²) in [5.74, 6) is 1.07. The molecule has 0 rings (SSSR count). The normalized spacial score (nSPS) is 12.9. The summed E-state index contributed by atoms with van der Waals surface area (Å²) in [6.07, 6.45) is 0. The van der Waals surface area contributed by atoms with E-state index in [4.69, 9.17) is 5.73 Å². The van der Waals surface area contributed by atoms with Crippen LogP contribution in [0.3, 0.4) is 0 Å². The Bertz CT molecular complexity index is 123. The van der Waals surface area contributed by atoms with Gasteiger partial charge in [-0.05, 0) is 27.7 Å². The molecule has 0 saturated heterocycles. The van der Waals surface area contributed by atoms with Crippen LogP contribution < -0.4 is 5.73 Å². The van der Waals surface area contributed by atoms with Crippen LogP contribution in [0.4, 0.5) is 0 Å². The van der Waals surface area contributed by atoms with Crippen molar-refractivity contribution in [3.63, 3.8) is 0 Å². The molecule has 0 spiro atoms. The van der Waals surface area contributed by atoms with Crippen molar-refractivity contribution in [2.45, 2.75) is 33.1 Å². The Morgan fingerprint density at radius 3 is 2.20 bits per heavy atom. The zero-order valence-electron chi connectivity index (χ0n) is 7.27. The van der Waals surface area contributed by atoms with Crippen molar-refractivity contribution in [3.8, 4) is 0 Å². The van der Waals surface area contributed by atoms with Crippen molar-refractivity contribution in [2.75, 3.05) is 5.75 Å². The highest BCUT2D eigenvalue weighted by atomic mass is 32.2. The molecule has 1 nitrogen and oxygen atoms in total. The second-order valence-corrected chi connectivity index (χ2v) is 4.16. The minimum Gasteiger partial charge on any atom is -0.320 e. The molecule has 0 aliphatic rings. The molecule has 2 heteroatoms. The quantitative estimate of drug-likeness (QED) is 0.505. The second-order valence-electron chi connectivity index (χ2n) is 2.80. The number of rotatable bonds is 3. The predicted molar refractivity (Wildman–Crippen MR) is 50.2 cm³/mol. The third-order valence-corrected chi connectivity index (χ3v) is 2.54. The maximum absolute atomic E-state index is 5.58. The Morgan fingerprint density at radius 1 is 1.40 bits per heavy atom. The monoisotopic (exact) mass is 159 g/mol. The van der Waals surface area contributed by atoms with E-state index in [9.17, 15) is 0 Å². The second kappa shape index (κ2) is 4.80. The largest absolute Gasteiger partial charge is 0.320 e. The van der Waals surface area contributed by atoms with Crippen molar-refractivity contribution in [1.29, 1.82) is 0 Å². The molecule has 0 radical (unpaired) electrons. The Hall–Kier alpha value is 0.0500. The fraction of sp³-hybridized carbons (Fsp3) is 0.750. The van der Waals surface area contributed by atoms with E-state index < -0.39 is 0 Å². The summed E-state index contributed by atoms with van der Waals surface area (Å²) in [6, 6.07) is 0. The highest BCUT2D eigenvalue weighted by Gasteiger charge is 1.96. The van der Waals surface area contributed by atoms with Crippen LogP contribution in [0.1, 0.15) is 27.7 Å². The van der Waals surface area contributed by atoms with Gasteiger partial charge in [-0.2, -0.15) is 0 Å². The Labute approximate surface area is 68.1 Å². The lowest BCUT2D eigenvalue weighted by Gasteiger charge is -2.05. The average molecular weight is 159 g/mol. The molecule has 0 aromatic rings. The van der Waals surface area contributed by atoms with Crippen molar-refractivity contribution in [3.05, 3.63) is 11.1 Å². The van der Waals surface area contributed by atoms with Crippen molar-refractivity contribution >= 4 is 11.8 Å². The molecule has 0 heterocycles. The SMILES string of the molecule is CC(C)=C(C)CSC(C)N. The van der Waals surface area contributed by atoms with Crippen LogP contribution in [-0.2, 0) is 0 Å². The molecule has 0 saturated carbocycles. The van der Waals surface area contributed by atoms with E-state index >= 15 is 0 Å². The first-order valence-electron chi connectivity index (χ1n) is 3.54. The molecule has 0 aromatic heterocycles. The van der Waals surface area contributed by atoms with Gasteiger partial charge >= 0.3 is 0 Å². The molecule has 0 bridgehead atoms. The molecule has 60 valence electrons. The Balaban J connectivity index is 3.60. The van der Waals surface area contributed by atoms with Gasteiger partial charge in [0.2, 0.25) is 0 Å². The molecule has 1 unspecified atom stereocenters. The standard InChI is InChI=1S/C8H17NS/c1-6(2)7(3)5-10-8(4)9/h8H,5,9H2,1-4H3. The van der Waals surface area contributed by atoms with Gasteiger partial charge in [0, 0.05) is 11.1 Å². The fourth-order valence-electron chi connectivity index (χ4n) is 0.401. The summed E-state index contributed by atoms with van der Waals surface area (Å²) < 4.78 is 0. The number of nitrogens with two attached hydrogens (primary N) is 1. The lowest BCUT2D eigenvalue weighted by Crippen LogP contribution is -2.10. The van der Waals surface area contributed by atoms with Crippen molar-refractivity contribution in [1.82, 2.24) is 0 Å².